The number of rotatable bonds is 3. The first-order valence-corrected chi connectivity index (χ1v) is 6.84. The van der Waals surface area contributed by atoms with Crippen molar-refractivity contribution in [2.24, 2.45) is 17.8 Å². The molecule has 2 aliphatic carbocycles. The van der Waals surface area contributed by atoms with Gasteiger partial charge < -0.3 is 11.1 Å². The van der Waals surface area contributed by atoms with Gasteiger partial charge in [-0.25, -0.2) is 0 Å². The zero-order chi connectivity index (χ0) is 12.5. The fraction of sp³-hybridized carbons (Fsp3) is 0.533. The molecule has 2 fully saturated rings. The largest absolute Gasteiger partial charge is 0.399 e. The quantitative estimate of drug-likeness (QED) is 0.802. The van der Waals surface area contributed by atoms with Gasteiger partial charge in [-0.2, -0.15) is 0 Å². The Morgan fingerprint density at radius 3 is 2.89 bits per heavy atom. The second-order valence-electron chi connectivity index (χ2n) is 5.74. The number of carbonyl (C=O) groups excluding carboxylic acids is 1. The summed E-state index contributed by atoms with van der Waals surface area (Å²) < 4.78 is 0. The molecule has 2 aliphatic rings. The predicted molar refractivity (Wildman–Crippen MR) is 71.6 cm³/mol. The van der Waals surface area contributed by atoms with Gasteiger partial charge in [0, 0.05) is 18.2 Å². The molecular formula is C15H20N2O. The molecule has 3 heteroatoms. The molecule has 1 amide bonds. The molecule has 0 aliphatic heterocycles. The highest BCUT2D eigenvalue weighted by molar-refractivity contribution is 5.79. The van der Waals surface area contributed by atoms with E-state index in [0.29, 0.717) is 12.5 Å². The van der Waals surface area contributed by atoms with Gasteiger partial charge in [0.25, 0.3) is 0 Å². The van der Waals surface area contributed by atoms with Crippen LogP contribution in [0.25, 0.3) is 0 Å². The number of hydrogen-bond acceptors (Lipinski definition) is 2. The van der Waals surface area contributed by atoms with E-state index in [9.17, 15) is 4.79 Å². The van der Waals surface area contributed by atoms with Gasteiger partial charge in [0.2, 0.25) is 5.91 Å². The zero-order valence-electron chi connectivity index (χ0n) is 10.6. The van der Waals surface area contributed by atoms with Crippen LogP contribution in [-0.4, -0.2) is 5.91 Å². The van der Waals surface area contributed by atoms with Crippen LogP contribution in [0.15, 0.2) is 24.3 Å². The van der Waals surface area contributed by atoms with Gasteiger partial charge in [-0.15, -0.1) is 0 Å². The van der Waals surface area contributed by atoms with Crippen LogP contribution in [0, 0.1) is 17.8 Å². The predicted octanol–water partition coefficient (Wildman–Crippen LogP) is 2.32. The van der Waals surface area contributed by atoms with Crippen molar-refractivity contribution in [1.82, 2.24) is 5.32 Å². The standard InChI is InChI=1S/C15H20N2O/c16-13-3-1-2-11(7-13)9-17-15(18)14-8-10-4-5-12(14)6-10/h1-3,7,10,12,14H,4-6,8-9,16H2,(H,17,18). The minimum atomic E-state index is 0.240. The number of benzene rings is 1. The first-order chi connectivity index (χ1) is 8.72. The number of hydrogen-bond donors (Lipinski definition) is 2. The lowest BCUT2D eigenvalue weighted by Crippen LogP contribution is -2.33. The van der Waals surface area contributed by atoms with Gasteiger partial charge in [-0.1, -0.05) is 18.6 Å². The first kappa shape index (κ1) is 11.6. The Bertz CT molecular complexity index is 458. The number of nitrogen functional groups attached to an aromatic ring is 1. The van der Waals surface area contributed by atoms with Crippen LogP contribution in [-0.2, 0) is 11.3 Å². The summed E-state index contributed by atoms with van der Waals surface area (Å²) in [6, 6.07) is 7.70. The molecule has 0 radical (unpaired) electrons. The van der Waals surface area contributed by atoms with Gasteiger partial charge in [0.1, 0.15) is 0 Å². The second kappa shape index (κ2) is 4.63. The number of nitrogens with two attached hydrogens (primary N) is 1. The van der Waals surface area contributed by atoms with E-state index in [0.717, 1.165) is 23.6 Å². The molecule has 2 bridgehead atoms. The fourth-order valence-corrected chi connectivity index (χ4v) is 3.59. The van der Waals surface area contributed by atoms with Crippen molar-refractivity contribution in [2.45, 2.75) is 32.2 Å². The summed E-state index contributed by atoms with van der Waals surface area (Å²) in [5.74, 6) is 1.98. The average Bonchev–Trinajstić information content (AvgIpc) is 2.98. The molecule has 3 rings (SSSR count). The van der Waals surface area contributed by atoms with Crippen molar-refractivity contribution in [1.29, 1.82) is 0 Å². The third-order valence-corrected chi connectivity index (χ3v) is 4.49. The molecule has 96 valence electrons. The highest BCUT2D eigenvalue weighted by atomic mass is 16.1. The van der Waals surface area contributed by atoms with E-state index < -0.39 is 0 Å². The van der Waals surface area contributed by atoms with Gasteiger partial charge >= 0.3 is 0 Å². The molecule has 0 saturated heterocycles. The number of anilines is 1. The monoisotopic (exact) mass is 244 g/mol. The van der Waals surface area contributed by atoms with Gasteiger partial charge in [-0.3, -0.25) is 4.79 Å². The lowest BCUT2D eigenvalue weighted by molar-refractivity contribution is -0.126. The zero-order valence-corrected chi connectivity index (χ0v) is 10.6. The van der Waals surface area contributed by atoms with E-state index >= 15 is 0 Å². The lowest BCUT2D eigenvalue weighted by Gasteiger charge is -2.20. The molecule has 0 heterocycles. The molecule has 3 atom stereocenters. The Kier molecular flexibility index (Phi) is 2.98. The normalized spacial score (nSPS) is 29.4. The summed E-state index contributed by atoms with van der Waals surface area (Å²) in [4.78, 5) is 12.2. The summed E-state index contributed by atoms with van der Waals surface area (Å²) in [7, 11) is 0. The van der Waals surface area contributed by atoms with E-state index in [1.807, 2.05) is 24.3 Å². The number of amides is 1. The molecule has 0 spiro atoms. The smallest absolute Gasteiger partial charge is 0.223 e. The summed E-state index contributed by atoms with van der Waals surface area (Å²) in [5, 5.41) is 3.06. The minimum absolute atomic E-state index is 0.240. The Hall–Kier alpha value is -1.51. The Labute approximate surface area is 108 Å². The highest BCUT2D eigenvalue weighted by Gasteiger charge is 2.42. The van der Waals surface area contributed by atoms with Crippen LogP contribution < -0.4 is 11.1 Å². The highest BCUT2D eigenvalue weighted by Crippen LogP contribution is 2.48. The van der Waals surface area contributed by atoms with Crippen LogP contribution >= 0.6 is 0 Å². The number of nitrogens with one attached hydrogen (secondary N) is 1. The average molecular weight is 244 g/mol. The van der Waals surface area contributed by atoms with Crippen LogP contribution in [0.2, 0.25) is 0 Å². The van der Waals surface area contributed by atoms with Crippen molar-refractivity contribution in [2.75, 3.05) is 5.73 Å². The van der Waals surface area contributed by atoms with Gasteiger partial charge in [-0.05, 0) is 48.8 Å². The SMILES string of the molecule is Nc1cccc(CNC(=O)C2CC3CCC2C3)c1. The van der Waals surface area contributed by atoms with Crippen LogP contribution in [0.5, 0.6) is 0 Å². The van der Waals surface area contributed by atoms with E-state index in [-0.39, 0.29) is 11.8 Å². The number of fused-ring (bicyclic) bond motifs is 2. The molecule has 2 saturated carbocycles. The molecule has 1 aromatic rings. The van der Waals surface area contributed by atoms with E-state index in [1.54, 1.807) is 0 Å². The van der Waals surface area contributed by atoms with Crippen LogP contribution in [0.3, 0.4) is 0 Å². The summed E-state index contributed by atoms with van der Waals surface area (Å²) >= 11 is 0. The second-order valence-corrected chi connectivity index (χ2v) is 5.74. The third-order valence-electron chi connectivity index (χ3n) is 4.49. The lowest BCUT2D eigenvalue weighted by atomic mass is 9.88. The van der Waals surface area contributed by atoms with Crippen LogP contribution in [0.1, 0.15) is 31.2 Å². The molecule has 3 unspecified atom stereocenters. The maximum Gasteiger partial charge on any atom is 0.223 e. The summed E-state index contributed by atoms with van der Waals surface area (Å²) in [6.07, 6.45) is 4.97. The van der Waals surface area contributed by atoms with Gasteiger partial charge in [0.05, 0.1) is 0 Å². The molecule has 3 N–H and O–H groups in total. The van der Waals surface area contributed by atoms with Crippen LogP contribution in [0.4, 0.5) is 5.69 Å². The Morgan fingerprint density at radius 1 is 1.33 bits per heavy atom. The van der Waals surface area contributed by atoms with E-state index in [1.165, 1.54) is 19.3 Å². The van der Waals surface area contributed by atoms with Crippen molar-refractivity contribution in [3.8, 4) is 0 Å². The molecular weight excluding hydrogens is 224 g/mol. The van der Waals surface area contributed by atoms with E-state index in [2.05, 4.69) is 5.32 Å². The Morgan fingerprint density at radius 2 is 2.22 bits per heavy atom. The van der Waals surface area contributed by atoms with E-state index in [4.69, 9.17) is 5.73 Å². The van der Waals surface area contributed by atoms with Crippen molar-refractivity contribution in [3.63, 3.8) is 0 Å². The van der Waals surface area contributed by atoms with Crippen molar-refractivity contribution in [3.05, 3.63) is 29.8 Å². The summed E-state index contributed by atoms with van der Waals surface area (Å²) in [5.41, 5.74) is 7.55. The molecule has 3 nitrogen and oxygen atoms in total. The Balaban J connectivity index is 1.56. The molecule has 1 aromatic carbocycles. The molecule has 0 aromatic heterocycles. The minimum Gasteiger partial charge on any atom is -0.399 e. The fourth-order valence-electron chi connectivity index (χ4n) is 3.59. The summed E-state index contributed by atoms with van der Waals surface area (Å²) in [6.45, 7) is 0.595. The number of carbonyl (C=O) groups is 1. The van der Waals surface area contributed by atoms with Gasteiger partial charge in [0.15, 0.2) is 0 Å². The van der Waals surface area contributed by atoms with Crippen molar-refractivity contribution < 1.29 is 4.79 Å². The molecule has 18 heavy (non-hydrogen) atoms. The maximum atomic E-state index is 12.2. The third kappa shape index (κ3) is 2.22. The first-order valence-electron chi connectivity index (χ1n) is 6.84. The topological polar surface area (TPSA) is 55.1 Å². The van der Waals surface area contributed by atoms with Crippen molar-refractivity contribution >= 4 is 11.6 Å². The maximum absolute atomic E-state index is 12.2.